The van der Waals surface area contributed by atoms with Crippen molar-refractivity contribution < 1.29 is 0 Å². The Labute approximate surface area is 221 Å². The van der Waals surface area contributed by atoms with Crippen LogP contribution in [0.4, 0.5) is 0 Å². The molecular weight excluding hydrogens is 464 g/mol. The van der Waals surface area contributed by atoms with Crippen LogP contribution < -0.4 is 0 Å². The Balaban J connectivity index is 1.38. The lowest BCUT2D eigenvalue weighted by Gasteiger charge is -2.13. The lowest BCUT2D eigenvalue weighted by molar-refractivity contribution is 1.07. The van der Waals surface area contributed by atoms with Crippen LogP contribution in [-0.4, -0.2) is 19.3 Å². The molecule has 0 radical (unpaired) electrons. The zero-order chi connectivity index (χ0) is 25.6. The van der Waals surface area contributed by atoms with Crippen molar-refractivity contribution in [3.8, 4) is 34.2 Å². The number of aromatic nitrogens is 4. The van der Waals surface area contributed by atoms with Crippen molar-refractivity contribution in [1.29, 1.82) is 0 Å². The van der Waals surface area contributed by atoms with Gasteiger partial charge in [0.05, 0.1) is 11.0 Å². The van der Waals surface area contributed by atoms with Gasteiger partial charge in [0.15, 0.2) is 11.6 Å². The fourth-order valence-electron chi connectivity index (χ4n) is 5.32. The summed E-state index contributed by atoms with van der Waals surface area (Å²) < 4.78 is 4.48. The van der Waals surface area contributed by atoms with E-state index in [1.165, 1.54) is 32.9 Å². The van der Waals surface area contributed by atoms with Gasteiger partial charge in [0.2, 0.25) is 0 Å². The maximum atomic E-state index is 4.69. The van der Waals surface area contributed by atoms with E-state index in [4.69, 9.17) is 0 Å². The molecule has 4 nitrogen and oxygen atoms in total. The third-order valence-corrected chi connectivity index (χ3v) is 7.41. The molecule has 0 aliphatic carbocycles. The molecule has 5 aromatic carbocycles. The maximum Gasteiger partial charge on any atom is 0.168 e. The van der Waals surface area contributed by atoms with Crippen LogP contribution in [0, 0.1) is 13.8 Å². The summed E-state index contributed by atoms with van der Waals surface area (Å²) in [5, 5.41) is 11.9. The predicted molar refractivity (Wildman–Crippen MR) is 156 cm³/mol. The molecule has 4 heteroatoms. The Hall–Kier alpha value is -4.96. The van der Waals surface area contributed by atoms with Crippen molar-refractivity contribution in [3.05, 3.63) is 132 Å². The van der Waals surface area contributed by atoms with Gasteiger partial charge in [0.1, 0.15) is 0 Å². The number of benzene rings is 5. The topological polar surface area (TPSA) is 35.6 Å². The predicted octanol–water partition coefficient (Wildman–Crippen LogP) is 8.32. The van der Waals surface area contributed by atoms with Gasteiger partial charge in [-0.1, -0.05) is 66.7 Å². The van der Waals surface area contributed by atoms with Gasteiger partial charge >= 0.3 is 0 Å². The molecule has 0 spiro atoms. The van der Waals surface area contributed by atoms with Crippen LogP contribution in [0.25, 0.3) is 56.0 Å². The van der Waals surface area contributed by atoms with Crippen LogP contribution in [-0.2, 0) is 0 Å². The number of hydrogen-bond donors (Lipinski definition) is 0. The van der Waals surface area contributed by atoms with E-state index < -0.39 is 0 Å². The average Bonchev–Trinajstić information content (AvgIpc) is 3.55. The van der Waals surface area contributed by atoms with Crippen LogP contribution in [0.3, 0.4) is 0 Å². The highest BCUT2D eigenvalue weighted by Crippen LogP contribution is 2.33. The molecular formula is C34H26N4. The van der Waals surface area contributed by atoms with Crippen LogP contribution in [0.2, 0.25) is 0 Å². The van der Waals surface area contributed by atoms with Crippen molar-refractivity contribution in [3.63, 3.8) is 0 Å². The van der Waals surface area contributed by atoms with E-state index in [1.54, 1.807) is 0 Å². The number of hydrogen-bond acceptors (Lipinski definition) is 2. The summed E-state index contributed by atoms with van der Waals surface area (Å²) >= 11 is 0. The van der Waals surface area contributed by atoms with E-state index in [-0.39, 0.29) is 0 Å². The quantitative estimate of drug-likeness (QED) is 0.249. The van der Waals surface area contributed by atoms with Crippen LogP contribution in [0.5, 0.6) is 0 Å². The number of para-hydroxylation sites is 3. The molecule has 0 fully saturated rings. The zero-order valence-corrected chi connectivity index (χ0v) is 21.3. The van der Waals surface area contributed by atoms with E-state index in [9.17, 15) is 0 Å². The summed E-state index contributed by atoms with van der Waals surface area (Å²) in [6, 6.07) is 42.6. The molecule has 182 valence electrons. The Kier molecular flexibility index (Phi) is 5.19. The molecule has 0 saturated heterocycles. The third kappa shape index (κ3) is 3.53. The smallest absolute Gasteiger partial charge is 0.168 e. The normalized spacial score (nSPS) is 11.4. The first kappa shape index (κ1) is 22.3. The second-order valence-corrected chi connectivity index (χ2v) is 9.73. The highest BCUT2D eigenvalue weighted by molar-refractivity contribution is 6.09. The van der Waals surface area contributed by atoms with Crippen molar-refractivity contribution >= 4 is 21.8 Å². The SMILES string of the molecule is Cc1ccc(-c2nnc(-c3ccc(-n4c5ccccc5c5ccccc54)cc3)n2-c2ccccc2)cc1C. The molecule has 0 saturated carbocycles. The van der Waals surface area contributed by atoms with Gasteiger partial charge in [-0.25, -0.2) is 0 Å². The van der Waals surface area contributed by atoms with Crippen molar-refractivity contribution in [1.82, 2.24) is 19.3 Å². The summed E-state index contributed by atoms with van der Waals surface area (Å²) in [4.78, 5) is 0. The minimum atomic E-state index is 0.818. The van der Waals surface area contributed by atoms with Gasteiger partial charge in [-0.2, -0.15) is 0 Å². The molecule has 7 aromatic rings. The first-order valence-corrected chi connectivity index (χ1v) is 12.9. The summed E-state index contributed by atoms with van der Waals surface area (Å²) in [5.41, 5.74) is 9.12. The molecule has 0 aliphatic rings. The van der Waals surface area contributed by atoms with E-state index in [2.05, 4.69) is 148 Å². The minimum Gasteiger partial charge on any atom is -0.309 e. The molecule has 0 bridgehead atoms. The molecule has 0 N–H and O–H groups in total. The van der Waals surface area contributed by atoms with E-state index in [0.29, 0.717) is 0 Å². The van der Waals surface area contributed by atoms with E-state index in [1.807, 2.05) is 6.07 Å². The molecule has 0 amide bonds. The first-order valence-electron chi connectivity index (χ1n) is 12.9. The van der Waals surface area contributed by atoms with Crippen molar-refractivity contribution in [2.24, 2.45) is 0 Å². The minimum absolute atomic E-state index is 0.818. The third-order valence-electron chi connectivity index (χ3n) is 7.41. The Morgan fingerprint density at radius 2 is 0.974 bits per heavy atom. The molecule has 0 aliphatic heterocycles. The molecule has 7 rings (SSSR count). The van der Waals surface area contributed by atoms with Gasteiger partial charge in [-0.05, 0) is 79.6 Å². The fraction of sp³-hybridized carbons (Fsp3) is 0.0588. The first-order chi connectivity index (χ1) is 18.7. The van der Waals surface area contributed by atoms with Crippen LogP contribution in [0.15, 0.2) is 121 Å². The van der Waals surface area contributed by atoms with Gasteiger partial charge in [0, 0.05) is 33.3 Å². The Morgan fingerprint density at radius 1 is 0.447 bits per heavy atom. The second kappa shape index (κ2) is 8.86. The molecule has 0 unspecified atom stereocenters. The summed E-state index contributed by atoms with van der Waals surface area (Å²) in [6.45, 7) is 4.27. The van der Waals surface area contributed by atoms with E-state index in [0.717, 1.165) is 34.2 Å². The van der Waals surface area contributed by atoms with Crippen molar-refractivity contribution in [2.45, 2.75) is 13.8 Å². The summed E-state index contributed by atoms with van der Waals surface area (Å²) in [5.74, 6) is 1.65. The van der Waals surface area contributed by atoms with Crippen LogP contribution in [0.1, 0.15) is 11.1 Å². The number of nitrogens with zero attached hydrogens (tertiary/aromatic N) is 4. The average molecular weight is 491 g/mol. The molecule has 2 aromatic heterocycles. The van der Waals surface area contributed by atoms with Gasteiger partial charge in [0.25, 0.3) is 0 Å². The molecule has 2 heterocycles. The lowest BCUT2D eigenvalue weighted by atomic mass is 10.1. The molecule has 38 heavy (non-hydrogen) atoms. The van der Waals surface area contributed by atoms with Gasteiger partial charge < -0.3 is 4.57 Å². The van der Waals surface area contributed by atoms with Gasteiger partial charge in [-0.3, -0.25) is 4.57 Å². The highest BCUT2D eigenvalue weighted by atomic mass is 15.3. The fourth-order valence-corrected chi connectivity index (χ4v) is 5.32. The second-order valence-electron chi connectivity index (χ2n) is 9.73. The largest absolute Gasteiger partial charge is 0.309 e. The molecule has 0 atom stereocenters. The zero-order valence-electron chi connectivity index (χ0n) is 21.3. The lowest BCUT2D eigenvalue weighted by Crippen LogP contribution is -2.01. The summed E-state index contributed by atoms with van der Waals surface area (Å²) in [7, 11) is 0. The van der Waals surface area contributed by atoms with E-state index >= 15 is 0 Å². The Bertz CT molecular complexity index is 1870. The summed E-state index contributed by atoms with van der Waals surface area (Å²) in [6.07, 6.45) is 0. The Morgan fingerprint density at radius 3 is 1.61 bits per heavy atom. The highest BCUT2D eigenvalue weighted by Gasteiger charge is 2.18. The maximum absolute atomic E-state index is 4.69. The van der Waals surface area contributed by atoms with Crippen molar-refractivity contribution in [2.75, 3.05) is 0 Å². The standard InChI is InChI=1S/C34H26N4/c1-23-16-17-26(22-24(23)2)34-36-35-33(38(34)27-10-4-3-5-11-27)25-18-20-28(21-19-25)37-31-14-8-6-12-29(31)30-13-7-9-15-32(30)37/h3-22H,1-2H3. The monoisotopic (exact) mass is 490 g/mol. The number of rotatable bonds is 4. The van der Waals surface area contributed by atoms with Gasteiger partial charge in [-0.15, -0.1) is 10.2 Å². The number of aryl methyl sites for hydroxylation is 2. The van der Waals surface area contributed by atoms with Crippen LogP contribution >= 0.6 is 0 Å². The number of fused-ring (bicyclic) bond motifs is 3.